The topological polar surface area (TPSA) is 52.5 Å². The maximum atomic E-state index is 12.2. The van der Waals surface area contributed by atoms with Gasteiger partial charge in [0.1, 0.15) is 5.75 Å². The maximum absolute atomic E-state index is 12.2. The van der Waals surface area contributed by atoms with Crippen LogP contribution in [0.25, 0.3) is 10.9 Å². The number of H-pyrrole nitrogens is 1. The normalized spacial score (nSPS) is 10.7. The van der Waals surface area contributed by atoms with Crippen LogP contribution in [-0.2, 0) is 4.79 Å². The molecule has 0 radical (unpaired) electrons. The van der Waals surface area contributed by atoms with E-state index in [9.17, 15) is 4.79 Å². The van der Waals surface area contributed by atoms with Crippen molar-refractivity contribution in [1.29, 1.82) is 0 Å². The van der Waals surface area contributed by atoms with Crippen molar-refractivity contribution in [2.24, 2.45) is 0 Å². The molecule has 2 N–H and O–H groups in total. The molecule has 0 aliphatic rings. The van der Waals surface area contributed by atoms with Gasteiger partial charge in [0.05, 0.1) is 18.9 Å². The van der Waals surface area contributed by atoms with E-state index in [4.69, 9.17) is 4.74 Å². The maximum Gasteiger partial charge on any atom is 0.239 e. The zero-order valence-corrected chi connectivity index (χ0v) is 15.4. The number of aryl methyl sites for hydroxylation is 2. The molecule has 1 aromatic heterocycles. The van der Waals surface area contributed by atoms with Gasteiger partial charge < -0.3 is 10.1 Å². The van der Waals surface area contributed by atoms with Gasteiger partial charge in [-0.05, 0) is 61.0 Å². The molecule has 0 aliphatic heterocycles. The summed E-state index contributed by atoms with van der Waals surface area (Å²) < 4.78 is 5.29. The molecule has 128 valence electrons. The molecule has 25 heavy (non-hydrogen) atoms. The minimum Gasteiger partial charge on any atom is -0.497 e. The van der Waals surface area contributed by atoms with Crippen molar-refractivity contribution in [2.45, 2.75) is 18.9 Å². The van der Waals surface area contributed by atoms with Crippen LogP contribution < -0.4 is 15.0 Å². The molecule has 3 rings (SSSR count). The van der Waals surface area contributed by atoms with Crippen LogP contribution in [-0.4, -0.2) is 18.8 Å². The molecule has 0 aliphatic carbocycles. The van der Waals surface area contributed by atoms with Gasteiger partial charge in [-0.15, -0.1) is 0 Å². The van der Waals surface area contributed by atoms with Crippen molar-refractivity contribution in [1.82, 2.24) is 0 Å². The first-order valence-electron chi connectivity index (χ1n) is 8.05. The summed E-state index contributed by atoms with van der Waals surface area (Å²) in [4.78, 5) is 15.6. The van der Waals surface area contributed by atoms with Crippen molar-refractivity contribution in [3.63, 3.8) is 0 Å². The Morgan fingerprint density at radius 2 is 2.00 bits per heavy atom. The second-order valence-electron chi connectivity index (χ2n) is 5.93. The first kappa shape index (κ1) is 17.3. The molecular weight excluding hydrogens is 332 g/mol. The monoisotopic (exact) mass is 353 g/mol. The van der Waals surface area contributed by atoms with Crippen LogP contribution >= 0.6 is 11.8 Å². The summed E-state index contributed by atoms with van der Waals surface area (Å²) in [6.07, 6.45) is 0. The van der Waals surface area contributed by atoms with E-state index in [2.05, 4.69) is 23.3 Å². The number of nitrogens with one attached hydrogen (secondary N) is 2. The van der Waals surface area contributed by atoms with E-state index in [1.165, 1.54) is 11.8 Å². The van der Waals surface area contributed by atoms with Gasteiger partial charge in [0.2, 0.25) is 16.4 Å². The predicted molar refractivity (Wildman–Crippen MR) is 102 cm³/mol. The van der Waals surface area contributed by atoms with E-state index in [-0.39, 0.29) is 5.91 Å². The second kappa shape index (κ2) is 7.57. The van der Waals surface area contributed by atoms with Crippen LogP contribution in [0.4, 0.5) is 5.69 Å². The highest BCUT2D eigenvalue weighted by Gasteiger charge is 2.13. The van der Waals surface area contributed by atoms with Crippen molar-refractivity contribution < 1.29 is 14.5 Å². The predicted octanol–water partition coefficient (Wildman–Crippen LogP) is 4.01. The van der Waals surface area contributed by atoms with Crippen molar-refractivity contribution in [3.8, 4) is 5.75 Å². The highest BCUT2D eigenvalue weighted by Crippen LogP contribution is 2.24. The molecule has 0 atom stereocenters. The van der Waals surface area contributed by atoms with Crippen LogP contribution in [0.2, 0.25) is 0 Å². The second-order valence-corrected chi connectivity index (χ2v) is 6.95. The number of fused-ring (bicyclic) bond motifs is 1. The Labute approximate surface area is 151 Å². The number of hydrogen-bond acceptors (Lipinski definition) is 3. The number of rotatable bonds is 5. The first-order valence-corrected chi connectivity index (χ1v) is 9.04. The van der Waals surface area contributed by atoms with E-state index in [1.54, 1.807) is 7.11 Å². The summed E-state index contributed by atoms with van der Waals surface area (Å²) >= 11 is 1.49. The molecule has 0 spiro atoms. The van der Waals surface area contributed by atoms with Crippen molar-refractivity contribution >= 4 is 34.3 Å². The van der Waals surface area contributed by atoms with Crippen molar-refractivity contribution in [2.75, 3.05) is 18.2 Å². The third-order valence-corrected chi connectivity index (χ3v) is 4.86. The molecule has 5 heteroatoms. The average Bonchev–Trinajstić information content (AvgIpc) is 2.59. The average molecular weight is 353 g/mol. The number of amides is 1. The third-order valence-electron chi connectivity index (χ3n) is 3.92. The fraction of sp³-hybridized carbons (Fsp3) is 0.200. The number of aromatic nitrogens is 1. The number of benzene rings is 2. The molecule has 1 heterocycles. The smallest absolute Gasteiger partial charge is 0.239 e. The minimum absolute atomic E-state index is 0.0209. The molecule has 0 bridgehead atoms. The molecule has 3 aromatic rings. The van der Waals surface area contributed by atoms with Gasteiger partial charge in [-0.2, -0.15) is 4.98 Å². The summed E-state index contributed by atoms with van der Waals surface area (Å²) in [6, 6.07) is 15.8. The van der Waals surface area contributed by atoms with Gasteiger partial charge in [-0.1, -0.05) is 12.1 Å². The summed E-state index contributed by atoms with van der Waals surface area (Å²) in [7, 11) is 1.66. The zero-order valence-electron chi connectivity index (χ0n) is 14.6. The minimum atomic E-state index is -0.0209. The van der Waals surface area contributed by atoms with E-state index in [1.807, 2.05) is 49.4 Å². The molecule has 0 fully saturated rings. The zero-order chi connectivity index (χ0) is 17.8. The molecule has 0 saturated heterocycles. The lowest BCUT2D eigenvalue weighted by molar-refractivity contribution is -0.395. The highest BCUT2D eigenvalue weighted by atomic mass is 32.2. The first-order chi connectivity index (χ1) is 12.0. The fourth-order valence-corrected chi connectivity index (χ4v) is 3.48. The molecule has 0 saturated carbocycles. The molecular formula is C20H21N2O2S+. The van der Waals surface area contributed by atoms with Gasteiger partial charge in [0, 0.05) is 17.1 Å². The highest BCUT2D eigenvalue weighted by molar-refractivity contribution is 7.99. The van der Waals surface area contributed by atoms with E-state index in [0.29, 0.717) is 5.75 Å². The summed E-state index contributed by atoms with van der Waals surface area (Å²) in [5, 5.41) is 5.03. The lowest BCUT2D eigenvalue weighted by atomic mass is 10.1. The Kier molecular flexibility index (Phi) is 5.24. The van der Waals surface area contributed by atoms with Crippen LogP contribution in [0.5, 0.6) is 5.75 Å². The summed E-state index contributed by atoms with van der Waals surface area (Å²) in [6.45, 7) is 4.07. The molecule has 2 aromatic carbocycles. The molecule has 1 amide bonds. The number of aromatic amines is 1. The lowest BCUT2D eigenvalue weighted by Gasteiger charge is -2.05. The van der Waals surface area contributed by atoms with Crippen LogP contribution in [0.3, 0.4) is 0 Å². The standard InChI is InChI=1S/C20H20N2O2S/c1-13-5-4-6-15(9-13)21-19(23)12-25-20-10-14(2)17-8-7-16(24-3)11-18(17)22-20/h4-11H,12H2,1-3H3,(H,21,23)/p+1. The van der Waals surface area contributed by atoms with E-state index in [0.717, 1.165) is 38.5 Å². The largest absolute Gasteiger partial charge is 0.497 e. The van der Waals surface area contributed by atoms with E-state index >= 15 is 0 Å². The van der Waals surface area contributed by atoms with Gasteiger partial charge in [-0.25, -0.2) is 0 Å². The third kappa shape index (κ3) is 4.31. The number of hydrogen-bond donors (Lipinski definition) is 1. The Morgan fingerprint density at radius 1 is 1.16 bits per heavy atom. The fourth-order valence-electron chi connectivity index (χ4n) is 2.68. The van der Waals surface area contributed by atoms with Crippen molar-refractivity contribution in [3.05, 3.63) is 59.7 Å². The van der Waals surface area contributed by atoms with Gasteiger partial charge in [0.25, 0.3) is 0 Å². The van der Waals surface area contributed by atoms with Gasteiger partial charge >= 0.3 is 0 Å². The summed E-state index contributed by atoms with van der Waals surface area (Å²) in [5.74, 6) is 1.13. The number of carbonyl (C=O) groups excluding carboxylic acids is 1. The van der Waals surface area contributed by atoms with E-state index < -0.39 is 0 Å². The molecule has 0 unspecified atom stereocenters. The number of methoxy groups -OCH3 is 1. The Hall–Kier alpha value is -2.53. The SMILES string of the molecule is COc1ccc2c(C)cc(SCC(=O)Nc3cccc(C)c3)[nH+]c2c1. The Morgan fingerprint density at radius 3 is 2.76 bits per heavy atom. The summed E-state index contributed by atoms with van der Waals surface area (Å²) in [5.41, 5.74) is 4.12. The number of pyridine rings is 1. The van der Waals surface area contributed by atoms with Crippen LogP contribution in [0.15, 0.2) is 53.6 Å². The Balaban J connectivity index is 1.71. The quantitative estimate of drug-likeness (QED) is 0.705. The number of anilines is 1. The Bertz CT molecular complexity index is 925. The van der Waals surface area contributed by atoms with Crippen LogP contribution in [0.1, 0.15) is 11.1 Å². The van der Waals surface area contributed by atoms with Gasteiger partial charge in [-0.3, -0.25) is 4.79 Å². The van der Waals surface area contributed by atoms with Gasteiger partial charge in [0.15, 0.2) is 0 Å². The number of carbonyl (C=O) groups is 1. The molecule has 4 nitrogen and oxygen atoms in total. The van der Waals surface area contributed by atoms with Crippen LogP contribution in [0, 0.1) is 13.8 Å². The number of thioether (sulfide) groups is 1. The number of ether oxygens (including phenoxy) is 1. The lowest BCUT2D eigenvalue weighted by Crippen LogP contribution is -2.16.